The molecule has 1 aromatic heterocycles. The van der Waals surface area contributed by atoms with Crippen LogP contribution in [0.3, 0.4) is 0 Å². The standard InChI is InChI=1S/C49H36N2/c1-49(2)44-19-10-9-18-42(44)43-29-28-41(31-45(43)49)40-17-11-16-39(30-40)35-20-24-37(25-21-35)47-32-46(36-14-7-4-8-15-36)50-48(51-47)38-26-22-34(23-27-38)33-12-5-3-6-13-33/h3-32H,1-2H3. The molecule has 0 fully saturated rings. The van der Waals surface area contributed by atoms with Crippen molar-refractivity contribution in [3.05, 3.63) is 193 Å². The van der Waals surface area contributed by atoms with E-state index in [0.29, 0.717) is 5.82 Å². The molecule has 0 radical (unpaired) electrons. The maximum absolute atomic E-state index is 5.10. The lowest BCUT2D eigenvalue weighted by molar-refractivity contribution is 0.660. The zero-order valence-electron chi connectivity index (χ0n) is 28.7. The number of benzene rings is 7. The molecular weight excluding hydrogens is 617 g/mol. The molecular formula is C49H36N2. The molecule has 9 rings (SSSR count). The van der Waals surface area contributed by atoms with Crippen molar-refractivity contribution >= 4 is 0 Å². The van der Waals surface area contributed by atoms with Crippen LogP contribution in [0.25, 0.3) is 78.4 Å². The van der Waals surface area contributed by atoms with Gasteiger partial charge >= 0.3 is 0 Å². The van der Waals surface area contributed by atoms with E-state index in [-0.39, 0.29) is 5.41 Å². The van der Waals surface area contributed by atoms with Gasteiger partial charge in [-0.2, -0.15) is 0 Å². The zero-order chi connectivity index (χ0) is 34.4. The average molecular weight is 653 g/mol. The number of fused-ring (bicyclic) bond motifs is 3. The Morgan fingerprint density at radius 3 is 1.43 bits per heavy atom. The lowest BCUT2D eigenvalue weighted by Gasteiger charge is -2.22. The predicted molar refractivity (Wildman–Crippen MR) is 212 cm³/mol. The van der Waals surface area contributed by atoms with Crippen molar-refractivity contribution in [1.82, 2.24) is 9.97 Å². The average Bonchev–Trinajstić information content (AvgIpc) is 3.44. The second kappa shape index (κ2) is 12.5. The fourth-order valence-electron chi connectivity index (χ4n) is 7.52. The van der Waals surface area contributed by atoms with E-state index >= 15 is 0 Å². The van der Waals surface area contributed by atoms with Crippen LogP contribution in [0.1, 0.15) is 25.0 Å². The van der Waals surface area contributed by atoms with E-state index in [0.717, 1.165) is 28.1 Å². The number of aromatic nitrogens is 2. The van der Waals surface area contributed by atoms with Gasteiger partial charge in [0.2, 0.25) is 0 Å². The zero-order valence-corrected chi connectivity index (χ0v) is 28.7. The molecule has 2 nitrogen and oxygen atoms in total. The maximum atomic E-state index is 5.10. The molecule has 8 aromatic rings. The Kier molecular flexibility index (Phi) is 7.51. The summed E-state index contributed by atoms with van der Waals surface area (Å²) in [4.78, 5) is 10.1. The van der Waals surface area contributed by atoms with Crippen LogP contribution in [0.15, 0.2) is 182 Å². The first-order chi connectivity index (χ1) is 25.0. The molecule has 1 aliphatic rings. The topological polar surface area (TPSA) is 25.8 Å². The van der Waals surface area contributed by atoms with Gasteiger partial charge in [0.1, 0.15) is 0 Å². The first kappa shape index (κ1) is 30.7. The van der Waals surface area contributed by atoms with Crippen LogP contribution in [0.4, 0.5) is 0 Å². The molecule has 1 heterocycles. The first-order valence-corrected chi connectivity index (χ1v) is 17.6. The van der Waals surface area contributed by atoms with Crippen molar-refractivity contribution in [2.24, 2.45) is 0 Å². The van der Waals surface area contributed by atoms with Gasteiger partial charge in [-0.05, 0) is 73.8 Å². The summed E-state index contributed by atoms with van der Waals surface area (Å²) in [5, 5.41) is 0. The van der Waals surface area contributed by atoms with Crippen LogP contribution >= 0.6 is 0 Å². The molecule has 1 aliphatic carbocycles. The van der Waals surface area contributed by atoms with Crippen molar-refractivity contribution in [2.45, 2.75) is 19.3 Å². The third-order valence-corrected chi connectivity index (χ3v) is 10.3. The van der Waals surface area contributed by atoms with Gasteiger partial charge in [0.05, 0.1) is 11.4 Å². The van der Waals surface area contributed by atoms with Crippen LogP contribution < -0.4 is 0 Å². The second-order valence-corrected chi connectivity index (χ2v) is 13.9. The lowest BCUT2D eigenvalue weighted by Crippen LogP contribution is -2.14. The summed E-state index contributed by atoms with van der Waals surface area (Å²) in [5.41, 5.74) is 17.6. The SMILES string of the molecule is CC1(C)c2ccccc2-c2ccc(-c3cccc(-c4ccc(-c5cc(-c6ccccc6)nc(-c6ccc(-c7ccccc7)cc6)n5)cc4)c3)cc21. The molecule has 0 amide bonds. The van der Waals surface area contributed by atoms with E-state index in [1.54, 1.807) is 0 Å². The molecule has 0 bridgehead atoms. The minimum absolute atomic E-state index is 0.0256. The summed E-state index contributed by atoms with van der Waals surface area (Å²) in [6.07, 6.45) is 0. The number of hydrogen-bond donors (Lipinski definition) is 0. The van der Waals surface area contributed by atoms with Crippen LogP contribution in [-0.2, 0) is 5.41 Å². The van der Waals surface area contributed by atoms with Gasteiger partial charge in [-0.1, -0.05) is 178 Å². The van der Waals surface area contributed by atoms with Crippen molar-refractivity contribution < 1.29 is 0 Å². The second-order valence-electron chi connectivity index (χ2n) is 13.9. The van der Waals surface area contributed by atoms with Crippen LogP contribution in [0, 0.1) is 0 Å². The van der Waals surface area contributed by atoms with Gasteiger partial charge in [-0.15, -0.1) is 0 Å². The van der Waals surface area contributed by atoms with Gasteiger partial charge in [0, 0.05) is 22.1 Å². The molecule has 0 saturated carbocycles. The highest BCUT2D eigenvalue weighted by molar-refractivity contribution is 5.84. The van der Waals surface area contributed by atoms with Crippen LogP contribution in [0.2, 0.25) is 0 Å². The molecule has 0 saturated heterocycles. The Morgan fingerprint density at radius 2 is 0.745 bits per heavy atom. The van der Waals surface area contributed by atoms with Crippen LogP contribution in [0.5, 0.6) is 0 Å². The Bertz CT molecular complexity index is 2510. The lowest BCUT2D eigenvalue weighted by atomic mass is 9.81. The fourth-order valence-corrected chi connectivity index (χ4v) is 7.52. The van der Waals surface area contributed by atoms with Crippen molar-refractivity contribution in [2.75, 3.05) is 0 Å². The summed E-state index contributed by atoms with van der Waals surface area (Å²) in [5.74, 6) is 0.711. The maximum Gasteiger partial charge on any atom is 0.160 e. The highest BCUT2D eigenvalue weighted by atomic mass is 14.9. The third kappa shape index (κ3) is 5.65. The Labute approximate surface area is 299 Å². The Morgan fingerprint density at radius 1 is 0.314 bits per heavy atom. The molecule has 0 unspecified atom stereocenters. The third-order valence-electron chi connectivity index (χ3n) is 10.3. The van der Waals surface area contributed by atoms with Gasteiger partial charge in [-0.3, -0.25) is 0 Å². The van der Waals surface area contributed by atoms with E-state index in [4.69, 9.17) is 9.97 Å². The fraction of sp³-hybridized carbons (Fsp3) is 0.0612. The predicted octanol–water partition coefficient (Wildman–Crippen LogP) is 12.8. The van der Waals surface area contributed by atoms with Gasteiger partial charge in [0.15, 0.2) is 5.82 Å². The first-order valence-electron chi connectivity index (χ1n) is 17.6. The Hall–Kier alpha value is -6.38. The monoisotopic (exact) mass is 652 g/mol. The van der Waals surface area contributed by atoms with Gasteiger partial charge in [-0.25, -0.2) is 9.97 Å². The molecule has 51 heavy (non-hydrogen) atoms. The molecule has 242 valence electrons. The summed E-state index contributed by atoms with van der Waals surface area (Å²) < 4.78 is 0. The molecule has 0 aliphatic heterocycles. The molecule has 7 aromatic carbocycles. The number of nitrogens with zero attached hydrogens (tertiary/aromatic N) is 2. The minimum atomic E-state index is -0.0256. The van der Waals surface area contributed by atoms with E-state index in [1.807, 2.05) is 12.1 Å². The van der Waals surface area contributed by atoms with E-state index in [9.17, 15) is 0 Å². The number of rotatable bonds is 6. The quantitative estimate of drug-likeness (QED) is 0.179. The summed E-state index contributed by atoms with van der Waals surface area (Å²) >= 11 is 0. The summed E-state index contributed by atoms with van der Waals surface area (Å²) in [6.45, 7) is 4.68. The van der Waals surface area contributed by atoms with Crippen molar-refractivity contribution in [3.8, 4) is 78.4 Å². The normalized spacial score (nSPS) is 12.7. The number of hydrogen-bond acceptors (Lipinski definition) is 2. The molecule has 0 N–H and O–H groups in total. The highest BCUT2D eigenvalue weighted by Gasteiger charge is 2.35. The molecule has 0 spiro atoms. The molecule has 0 atom stereocenters. The van der Waals surface area contributed by atoms with Crippen molar-refractivity contribution in [1.29, 1.82) is 0 Å². The van der Waals surface area contributed by atoms with Crippen LogP contribution in [-0.4, -0.2) is 9.97 Å². The summed E-state index contributed by atoms with van der Waals surface area (Å²) in [6, 6.07) is 64.8. The van der Waals surface area contributed by atoms with Gasteiger partial charge < -0.3 is 0 Å². The Balaban J connectivity index is 1.04. The van der Waals surface area contributed by atoms with E-state index in [1.165, 1.54) is 55.6 Å². The minimum Gasteiger partial charge on any atom is -0.228 e. The molecule has 2 heteroatoms. The summed E-state index contributed by atoms with van der Waals surface area (Å²) in [7, 11) is 0. The van der Waals surface area contributed by atoms with E-state index < -0.39 is 0 Å². The smallest absolute Gasteiger partial charge is 0.160 e. The largest absolute Gasteiger partial charge is 0.228 e. The van der Waals surface area contributed by atoms with Gasteiger partial charge in [0.25, 0.3) is 0 Å². The van der Waals surface area contributed by atoms with E-state index in [2.05, 4.69) is 184 Å². The van der Waals surface area contributed by atoms with Crippen molar-refractivity contribution in [3.63, 3.8) is 0 Å². The highest BCUT2D eigenvalue weighted by Crippen LogP contribution is 2.49.